The van der Waals surface area contributed by atoms with Crippen LogP contribution in [0.2, 0.25) is 0 Å². The molecule has 3 heteroatoms. The maximum absolute atomic E-state index is 14.1. The first kappa shape index (κ1) is 19.6. The summed E-state index contributed by atoms with van der Waals surface area (Å²) in [6.45, 7) is 0. The number of nitrogens with zero attached hydrogens (tertiary/aromatic N) is 1. The molecule has 1 N–H and O–H groups in total. The van der Waals surface area contributed by atoms with E-state index in [0.29, 0.717) is 0 Å². The van der Waals surface area contributed by atoms with E-state index >= 15 is 0 Å². The number of aromatic nitrogens is 2. The zero-order valence-corrected chi connectivity index (χ0v) is 18.3. The van der Waals surface area contributed by atoms with E-state index in [0.717, 1.165) is 27.7 Å². The van der Waals surface area contributed by atoms with E-state index in [2.05, 4.69) is 84.0 Å². The summed E-state index contributed by atoms with van der Waals surface area (Å²) in [5.41, 5.74) is 7.88. The number of hydrogen-bond acceptors (Lipinski definition) is 0. The van der Waals surface area contributed by atoms with Crippen molar-refractivity contribution in [3.05, 3.63) is 132 Å². The van der Waals surface area contributed by atoms with Crippen molar-refractivity contribution in [2.75, 3.05) is 0 Å². The zero-order valence-electron chi connectivity index (χ0n) is 18.3. The number of halogens is 1. The predicted molar refractivity (Wildman–Crippen MR) is 134 cm³/mol. The lowest BCUT2D eigenvalue weighted by Crippen LogP contribution is -2.04. The van der Waals surface area contributed by atoms with Gasteiger partial charge in [-0.3, -0.25) is 0 Å². The summed E-state index contributed by atoms with van der Waals surface area (Å²) in [7, 11) is 1.99. The first-order valence-electron chi connectivity index (χ1n) is 11.2. The second-order valence-corrected chi connectivity index (χ2v) is 8.53. The van der Waals surface area contributed by atoms with Gasteiger partial charge in [0.2, 0.25) is 0 Å². The highest BCUT2D eigenvalue weighted by atomic mass is 19.1. The van der Waals surface area contributed by atoms with Crippen molar-refractivity contribution in [2.45, 2.75) is 5.92 Å². The van der Waals surface area contributed by atoms with Crippen LogP contribution in [0.1, 0.15) is 22.6 Å². The van der Waals surface area contributed by atoms with Crippen LogP contribution in [0.3, 0.4) is 0 Å². The van der Waals surface area contributed by atoms with Crippen molar-refractivity contribution in [1.82, 2.24) is 9.55 Å². The molecule has 6 aromatic rings. The smallest absolute Gasteiger partial charge is 0.125 e. The fourth-order valence-electron chi connectivity index (χ4n) is 5.06. The van der Waals surface area contributed by atoms with Crippen molar-refractivity contribution >= 4 is 21.8 Å². The molecule has 0 fully saturated rings. The molecule has 0 radical (unpaired) electrons. The lowest BCUT2D eigenvalue weighted by molar-refractivity contribution is 0.629. The first-order valence-corrected chi connectivity index (χ1v) is 11.2. The number of fused-ring (bicyclic) bond motifs is 2. The number of aromatic amines is 1. The molecule has 0 aliphatic rings. The van der Waals surface area contributed by atoms with Crippen LogP contribution in [0.4, 0.5) is 4.39 Å². The third-order valence-electron chi connectivity index (χ3n) is 6.52. The zero-order chi connectivity index (χ0) is 22.4. The molecule has 0 aliphatic heterocycles. The lowest BCUT2D eigenvalue weighted by atomic mass is 9.82. The predicted octanol–water partition coefficient (Wildman–Crippen LogP) is 7.65. The normalized spacial score (nSPS) is 12.4. The van der Waals surface area contributed by atoms with E-state index in [1.54, 1.807) is 12.1 Å². The molecule has 2 heterocycles. The maximum Gasteiger partial charge on any atom is 0.125 e. The average molecular weight is 431 g/mol. The highest BCUT2D eigenvalue weighted by Gasteiger charge is 2.27. The second-order valence-electron chi connectivity index (χ2n) is 8.53. The summed E-state index contributed by atoms with van der Waals surface area (Å²) >= 11 is 0. The highest BCUT2D eigenvalue weighted by Crippen LogP contribution is 2.44. The van der Waals surface area contributed by atoms with Crippen molar-refractivity contribution in [3.63, 3.8) is 0 Å². The molecule has 2 aromatic heterocycles. The van der Waals surface area contributed by atoms with Crippen LogP contribution >= 0.6 is 0 Å². The van der Waals surface area contributed by atoms with Crippen LogP contribution in [0.25, 0.3) is 33.1 Å². The van der Waals surface area contributed by atoms with Crippen LogP contribution in [0.15, 0.2) is 109 Å². The number of para-hydroxylation sites is 1. The quantitative estimate of drug-likeness (QED) is 0.297. The van der Waals surface area contributed by atoms with Gasteiger partial charge in [-0.1, -0.05) is 78.9 Å². The Morgan fingerprint density at radius 1 is 0.758 bits per heavy atom. The molecule has 1 atom stereocenters. The Balaban J connectivity index is 1.72. The molecule has 0 saturated carbocycles. The highest BCUT2D eigenvalue weighted by molar-refractivity contribution is 5.94. The maximum atomic E-state index is 14.1. The molecule has 160 valence electrons. The standard InChI is InChI=1S/C30H23FN2/c1-33-19-25(23-17-16-22(31)18-27(23)33)28(20-10-4-2-5-11-20)29-24-14-8-9-15-26(24)32-30(29)21-12-6-3-7-13-21/h2-19,28,32H,1H3. The van der Waals surface area contributed by atoms with E-state index in [1.165, 1.54) is 22.1 Å². The Labute approximate surface area is 191 Å². The minimum absolute atomic E-state index is 0.0216. The molecular formula is C30H23FN2. The average Bonchev–Trinajstić information content (AvgIpc) is 3.39. The molecule has 6 rings (SSSR count). The van der Waals surface area contributed by atoms with Crippen LogP contribution in [0.5, 0.6) is 0 Å². The van der Waals surface area contributed by atoms with Gasteiger partial charge in [-0.15, -0.1) is 0 Å². The van der Waals surface area contributed by atoms with Crippen molar-refractivity contribution in [3.8, 4) is 11.3 Å². The van der Waals surface area contributed by atoms with Gasteiger partial charge in [0.15, 0.2) is 0 Å². The molecule has 2 nitrogen and oxygen atoms in total. The van der Waals surface area contributed by atoms with Crippen LogP contribution < -0.4 is 0 Å². The van der Waals surface area contributed by atoms with Gasteiger partial charge < -0.3 is 9.55 Å². The Kier molecular flexibility index (Phi) is 4.62. The summed E-state index contributed by atoms with van der Waals surface area (Å²) in [5, 5.41) is 2.27. The molecule has 0 spiro atoms. The van der Waals surface area contributed by atoms with Crippen molar-refractivity contribution in [2.24, 2.45) is 7.05 Å². The van der Waals surface area contributed by atoms with Gasteiger partial charge in [-0.05, 0) is 46.5 Å². The number of hydrogen-bond donors (Lipinski definition) is 1. The Morgan fingerprint density at radius 2 is 1.45 bits per heavy atom. The van der Waals surface area contributed by atoms with Gasteiger partial charge >= 0.3 is 0 Å². The Bertz CT molecular complexity index is 1580. The number of aryl methyl sites for hydroxylation is 1. The molecule has 0 amide bonds. The van der Waals surface area contributed by atoms with E-state index in [9.17, 15) is 4.39 Å². The topological polar surface area (TPSA) is 20.7 Å². The van der Waals surface area contributed by atoms with Crippen LogP contribution in [0, 0.1) is 5.82 Å². The van der Waals surface area contributed by atoms with Gasteiger partial charge in [0.1, 0.15) is 5.82 Å². The molecule has 0 aliphatic carbocycles. The fourth-order valence-corrected chi connectivity index (χ4v) is 5.06. The molecule has 0 saturated heterocycles. The molecule has 0 bridgehead atoms. The molecule has 33 heavy (non-hydrogen) atoms. The third-order valence-corrected chi connectivity index (χ3v) is 6.52. The van der Waals surface area contributed by atoms with Gasteiger partial charge in [0.25, 0.3) is 0 Å². The van der Waals surface area contributed by atoms with E-state index in [1.807, 2.05) is 29.8 Å². The van der Waals surface area contributed by atoms with Gasteiger partial charge in [-0.2, -0.15) is 0 Å². The number of nitrogens with one attached hydrogen (secondary N) is 1. The third kappa shape index (κ3) is 3.25. The van der Waals surface area contributed by atoms with E-state index in [4.69, 9.17) is 0 Å². The molecular weight excluding hydrogens is 407 g/mol. The summed E-state index contributed by atoms with van der Waals surface area (Å²) in [4.78, 5) is 3.70. The van der Waals surface area contributed by atoms with Gasteiger partial charge in [0, 0.05) is 35.5 Å². The minimum Gasteiger partial charge on any atom is -0.354 e. The summed E-state index contributed by atoms with van der Waals surface area (Å²) in [5.74, 6) is -0.240. The minimum atomic E-state index is -0.219. The Morgan fingerprint density at radius 3 is 2.24 bits per heavy atom. The second kappa shape index (κ2) is 7.79. The van der Waals surface area contributed by atoms with E-state index < -0.39 is 0 Å². The monoisotopic (exact) mass is 430 g/mol. The van der Waals surface area contributed by atoms with Crippen LogP contribution in [-0.2, 0) is 7.05 Å². The summed E-state index contributed by atoms with van der Waals surface area (Å²) in [6, 6.07) is 34.6. The number of rotatable bonds is 4. The summed E-state index contributed by atoms with van der Waals surface area (Å²) in [6.07, 6.45) is 2.15. The van der Waals surface area contributed by atoms with Crippen molar-refractivity contribution < 1.29 is 4.39 Å². The Hall–Kier alpha value is -4.11. The largest absolute Gasteiger partial charge is 0.354 e. The molecule has 1 unspecified atom stereocenters. The SMILES string of the molecule is Cn1cc(C(c2ccccc2)c2c(-c3ccccc3)[nH]c3ccccc23)c2ccc(F)cc21. The lowest BCUT2D eigenvalue weighted by Gasteiger charge is -2.20. The van der Waals surface area contributed by atoms with Gasteiger partial charge in [-0.25, -0.2) is 4.39 Å². The number of benzene rings is 4. The van der Waals surface area contributed by atoms with Crippen molar-refractivity contribution in [1.29, 1.82) is 0 Å². The van der Waals surface area contributed by atoms with Gasteiger partial charge in [0.05, 0.1) is 11.2 Å². The fraction of sp³-hybridized carbons (Fsp3) is 0.0667. The summed E-state index contributed by atoms with van der Waals surface area (Å²) < 4.78 is 16.1. The first-order chi connectivity index (χ1) is 16.2. The van der Waals surface area contributed by atoms with Crippen LogP contribution in [-0.4, -0.2) is 9.55 Å². The van der Waals surface area contributed by atoms with E-state index in [-0.39, 0.29) is 11.7 Å². The number of H-pyrrole nitrogens is 1. The molecule has 4 aromatic carbocycles.